The van der Waals surface area contributed by atoms with E-state index in [9.17, 15) is 14.7 Å². The Morgan fingerprint density at radius 2 is 1.72 bits per heavy atom. The van der Waals surface area contributed by atoms with Crippen LogP contribution in [-0.2, 0) is 4.79 Å². The van der Waals surface area contributed by atoms with Gasteiger partial charge in [0, 0.05) is 23.1 Å². The fourth-order valence-electron chi connectivity index (χ4n) is 2.75. The summed E-state index contributed by atoms with van der Waals surface area (Å²) in [7, 11) is 0. The molecule has 1 N–H and O–H groups in total. The Hall–Kier alpha value is -2.34. The second-order valence-corrected chi connectivity index (χ2v) is 7.27. The molecule has 25 heavy (non-hydrogen) atoms. The Kier molecular flexibility index (Phi) is 4.81. The number of carboxylic acids is 1. The Balaban J connectivity index is 1.64. The number of hydrogen-bond acceptors (Lipinski definition) is 3. The normalized spacial score (nSPS) is 15.4. The Morgan fingerprint density at radius 1 is 1.12 bits per heavy atom. The maximum atomic E-state index is 12.4. The van der Waals surface area contributed by atoms with Crippen molar-refractivity contribution < 1.29 is 19.4 Å². The standard InChI is InChI=1S/C19H18BrNO4/c1-13-2-4-14(5-3-13)17(22)21-10-19(11-21,18(23)24)12-25-16-8-6-15(20)7-9-16/h2-9H,10-12H2,1H3,(H,23,24). The topological polar surface area (TPSA) is 66.8 Å². The lowest BCUT2D eigenvalue weighted by Crippen LogP contribution is -2.64. The highest BCUT2D eigenvalue weighted by molar-refractivity contribution is 9.10. The number of likely N-dealkylation sites (tertiary alicyclic amines) is 1. The summed E-state index contributed by atoms with van der Waals surface area (Å²) in [5, 5.41) is 9.59. The fraction of sp³-hybridized carbons (Fsp3) is 0.263. The molecule has 1 aliphatic heterocycles. The number of carboxylic acid groups (broad SMARTS) is 1. The van der Waals surface area contributed by atoms with E-state index in [4.69, 9.17) is 4.74 Å². The van der Waals surface area contributed by atoms with Gasteiger partial charge in [-0.1, -0.05) is 33.6 Å². The molecule has 0 bridgehead atoms. The number of nitrogens with zero attached hydrogens (tertiary/aromatic N) is 1. The van der Waals surface area contributed by atoms with E-state index in [0.717, 1.165) is 10.0 Å². The Bertz CT molecular complexity index is 780. The largest absolute Gasteiger partial charge is 0.492 e. The van der Waals surface area contributed by atoms with Crippen LogP contribution in [0.3, 0.4) is 0 Å². The van der Waals surface area contributed by atoms with E-state index in [1.165, 1.54) is 0 Å². The van der Waals surface area contributed by atoms with Gasteiger partial charge in [-0.25, -0.2) is 0 Å². The van der Waals surface area contributed by atoms with Gasteiger partial charge in [0.15, 0.2) is 0 Å². The summed E-state index contributed by atoms with van der Waals surface area (Å²) in [6.07, 6.45) is 0. The zero-order valence-corrected chi connectivity index (χ0v) is 15.3. The third-order valence-electron chi connectivity index (χ3n) is 4.36. The molecule has 0 aromatic heterocycles. The molecule has 0 atom stereocenters. The summed E-state index contributed by atoms with van der Waals surface area (Å²) in [4.78, 5) is 25.7. The van der Waals surface area contributed by atoms with Gasteiger partial charge in [0.2, 0.25) is 0 Å². The fourth-order valence-corrected chi connectivity index (χ4v) is 3.01. The summed E-state index contributed by atoms with van der Waals surface area (Å²) in [5.41, 5.74) is 0.578. The van der Waals surface area contributed by atoms with Gasteiger partial charge in [0.05, 0.1) is 0 Å². The maximum Gasteiger partial charge on any atom is 0.316 e. The maximum absolute atomic E-state index is 12.4. The minimum Gasteiger partial charge on any atom is -0.492 e. The summed E-state index contributed by atoms with van der Waals surface area (Å²) >= 11 is 3.34. The molecule has 2 aromatic carbocycles. The molecule has 0 saturated carbocycles. The van der Waals surface area contributed by atoms with E-state index in [-0.39, 0.29) is 25.6 Å². The second-order valence-electron chi connectivity index (χ2n) is 6.36. The minimum absolute atomic E-state index is 0.0294. The molecule has 2 aromatic rings. The highest BCUT2D eigenvalue weighted by Crippen LogP contribution is 2.33. The van der Waals surface area contributed by atoms with Crippen molar-refractivity contribution in [2.75, 3.05) is 19.7 Å². The van der Waals surface area contributed by atoms with Crippen LogP contribution >= 0.6 is 15.9 Å². The molecular weight excluding hydrogens is 386 g/mol. The highest BCUT2D eigenvalue weighted by atomic mass is 79.9. The van der Waals surface area contributed by atoms with Crippen LogP contribution in [0.1, 0.15) is 15.9 Å². The number of carbonyl (C=O) groups excluding carboxylic acids is 1. The summed E-state index contributed by atoms with van der Waals surface area (Å²) < 4.78 is 6.56. The smallest absolute Gasteiger partial charge is 0.316 e. The molecule has 1 heterocycles. The molecule has 3 rings (SSSR count). The summed E-state index contributed by atoms with van der Waals surface area (Å²) in [6.45, 7) is 2.27. The summed E-state index contributed by atoms with van der Waals surface area (Å²) in [6, 6.07) is 14.5. The zero-order valence-electron chi connectivity index (χ0n) is 13.7. The predicted octanol–water partition coefficient (Wildman–Crippen LogP) is 3.36. The second kappa shape index (κ2) is 6.88. The SMILES string of the molecule is Cc1ccc(C(=O)N2CC(COc3ccc(Br)cc3)(C(=O)O)C2)cc1. The predicted molar refractivity (Wildman–Crippen MR) is 96.8 cm³/mol. The first-order valence-electron chi connectivity index (χ1n) is 7.87. The quantitative estimate of drug-likeness (QED) is 0.830. The highest BCUT2D eigenvalue weighted by Gasteiger charge is 2.52. The number of aryl methyl sites for hydroxylation is 1. The first-order valence-corrected chi connectivity index (χ1v) is 8.67. The number of rotatable bonds is 5. The molecule has 0 aliphatic carbocycles. The van der Waals surface area contributed by atoms with E-state index < -0.39 is 11.4 Å². The lowest BCUT2D eigenvalue weighted by atomic mass is 9.80. The van der Waals surface area contributed by atoms with Gasteiger partial charge in [-0.2, -0.15) is 0 Å². The first-order chi connectivity index (χ1) is 11.9. The average Bonchev–Trinajstić information content (AvgIpc) is 2.55. The Labute approximate surface area is 154 Å². The van der Waals surface area contributed by atoms with E-state index in [1.54, 1.807) is 29.2 Å². The van der Waals surface area contributed by atoms with Crippen LogP contribution in [0.2, 0.25) is 0 Å². The van der Waals surface area contributed by atoms with Crippen molar-refractivity contribution in [1.29, 1.82) is 0 Å². The van der Waals surface area contributed by atoms with Gasteiger partial charge >= 0.3 is 5.97 Å². The molecule has 1 amide bonds. The monoisotopic (exact) mass is 403 g/mol. The van der Waals surface area contributed by atoms with E-state index in [2.05, 4.69) is 15.9 Å². The van der Waals surface area contributed by atoms with E-state index in [0.29, 0.717) is 11.3 Å². The van der Waals surface area contributed by atoms with Crippen molar-refractivity contribution >= 4 is 27.8 Å². The van der Waals surface area contributed by atoms with Gasteiger partial charge in [-0.05, 0) is 43.3 Å². The minimum atomic E-state index is -1.06. The molecule has 1 saturated heterocycles. The van der Waals surface area contributed by atoms with Crippen LogP contribution in [-0.4, -0.2) is 41.6 Å². The van der Waals surface area contributed by atoms with Crippen LogP contribution in [0, 0.1) is 12.3 Å². The van der Waals surface area contributed by atoms with Gasteiger partial charge in [0.1, 0.15) is 17.8 Å². The third-order valence-corrected chi connectivity index (χ3v) is 4.88. The van der Waals surface area contributed by atoms with Crippen LogP contribution in [0.15, 0.2) is 53.0 Å². The lowest BCUT2D eigenvalue weighted by Gasteiger charge is -2.46. The number of benzene rings is 2. The zero-order chi connectivity index (χ0) is 18.0. The van der Waals surface area contributed by atoms with Crippen molar-refractivity contribution in [3.63, 3.8) is 0 Å². The molecule has 0 radical (unpaired) electrons. The van der Waals surface area contributed by atoms with Crippen molar-refractivity contribution in [3.8, 4) is 5.75 Å². The third kappa shape index (κ3) is 3.69. The van der Waals surface area contributed by atoms with Crippen LogP contribution in [0.5, 0.6) is 5.75 Å². The van der Waals surface area contributed by atoms with Crippen LogP contribution in [0.4, 0.5) is 0 Å². The summed E-state index contributed by atoms with van der Waals surface area (Å²) in [5.74, 6) is -0.495. The molecule has 6 heteroatoms. The molecular formula is C19H18BrNO4. The van der Waals surface area contributed by atoms with Crippen LogP contribution in [0.25, 0.3) is 0 Å². The molecule has 5 nitrogen and oxygen atoms in total. The number of carbonyl (C=O) groups is 2. The van der Waals surface area contributed by atoms with Crippen LogP contribution < -0.4 is 4.74 Å². The molecule has 0 unspecified atom stereocenters. The number of hydrogen-bond donors (Lipinski definition) is 1. The van der Waals surface area contributed by atoms with Crippen molar-refractivity contribution in [3.05, 3.63) is 64.1 Å². The number of amides is 1. The Morgan fingerprint density at radius 3 is 2.28 bits per heavy atom. The number of aliphatic carboxylic acids is 1. The molecule has 1 aliphatic rings. The average molecular weight is 404 g/mol. The van der Waals surface area contributed by atoms with Crippen molar-refractivity contribution in [2.24, 2.45) is 5.41 Å². The number of halogens is 1. The van der Waals surface area contributed by atoms with Gasteiger partial charge < -0.3 is 14.7 Å². The first kappa shape index (κ1) is 17.5. The lowest BCUT2D eigenvalue weighted by molar-refractivity contribution is -0.161. The van der Waals surface area contributed by atoms with Gasteiger partial charge in [-0.15, -0.1) is 0 Å². The van der Waals surface area contributed by atoms with E-state index >= 15 is 0 Å². The molecule has 0 spiro atoms. The van der Waals surface area contributed by atoms with Crippen molar-refractivity contribution in [1.82, 2.24) is 4.90 Å². The molecule has 130 valence electrons. The van der Waals surface area contributed by atoms with Crippen molar-refractivity contribution in [2.45, 2.75) is 6.92 Å². The van der Waals surface area contributed by atoms with Gasteiger partial charge in [-0.3, -0.25) is 9.59 Å². The van der Waals surface area contributed by atoms with Gasteiger partial charge in [0.25, 0.3) is 5.91 Å². The molecule has 1 fully saturated rings. The number of ether oxygens (including phenoxy) is 1. The van der Waals surface area contributed by atoms with E-state index in [1.807, 2.05) is 31.2 Å².